The van der Waals surface area contributed by atoms with E-state index < -0.39 is 17.6 Å². The van der Waals surface area contributed by atoms with Gasteiger partial charge >= 0.3 is 6.18 Å². The van der Waals surface area contributed by atoms with Gasteiger partial charge in [0.1, 0.15) is 5.82 Å². The zero-order chi connectivity index (χ0) is 14.2. The summed E-state index contributed by atoms with van der Waals surface area (Å²) in [6.07, 6.45) is -3.76. The van der Waals surface area contributed by atoms with Gasteiger partial charge in [-0.25, -0.2) is 4.39 Å². The first kappa shape index (κ1) is 14.3. The van der Waals surface area contributed by atoms with Crippen molar-refractivity contribution in [3.8, 4) is 0 Å². The maximum Gasteiger partial charge on any atom is 0.416 e. The second-order valence-electron chi connectivity index (χ2n) is 5.39. The molecular weight excluding hydrogens is 258 g/mol. The average Bonchev–Trinajstić information content (AvgIpc) is 3.04. The monoisotopic (exact) mass is 275 g/mol. The summed E-state index contributed by atoms with van der Waals surface area (Å²) >= 11 is 0. The predicted octanol–water partition coefficient (Wildman–Crippen LogP) is 3.95. The molecule has 1 aliphatic rings. The number of hydrogen-bond acceptors (Lipinski definition) is 1. The van der Waals surface area contributed by atoms with E-state index in [2.05, 4.69) is 5.32 Å². The molecule has 0 aromatic heterocycles. The van der Waals surface area contributed by atoms with Gasteiger partial charge in [-0.15, -0.1) is 0 Å². The summed E-state index contributed by atoms with van der Waals surface area (Å²) in [6.45, 7) is 4.70. The van der Waals surface area contributed by atoms with Crippen molar-refractivity contribution >= 4 is 0 Å². The van der Waals surface area contributed by atoms with Gasteiger partial charge in [0.25, 0.3) is 0 Å². The molecule has 0 amide bonds. The molecule has 0 heterocycles. The molecule has 2 unspecified atom stereocenters. The topological polar surface area (TPSA) is 12.0 Å². The van der Waals surface area contributed by atoms with Gasteiger partial charge in [-0.05, 0) is 42.5 Å². The second-order valence-corrected chi connectivity index (χ2v) is 5.39. The minimum absolute atomic E-state index is 0.108. The third-order valence-corrected chi connectivity index (χ3v) is 3.43. The van der Waals surface area contributed by atoms with Crippen LogP contribution in [0, 0.1) is 11.7 Å². The van der Waals surface area contributed by atoms with Crippen LogP contribution in [0.1, 0.15) is 37.3 Å². The molecule has 2 atom stereocenters. The van der Waals surface area contributed by atoms with Gasteiger partial charge in [-0.1, -0.05) is 19.9 Å². The van der Waals surface area contributed by atoms with Crippen LogP contribution in [-0.4, -0.2) is 12.6 Å². The molecule has 19 heavy (non-hydrogen) atoms. The van der Waals surface area contributed by atoms with Crippen LogP contribution in [0.4, 0.5) is 17.6 Å². The summed E-state index contributed by atoms with van der Waals surface area (Å²) in [5, 5.41) is 3.22. The van der Waals surface area contributed by atoms with Crippen molar-refractivity contribution in [1.29, 1.82) is 0 Å². The van der Waals surface area contributed by atoms with Crippen molar-refractivity contribution in [2.45, 2.75) is 38.4 Å². The third kappa shape index (κ3) is 3.47. The van der Waals surface area contributed by atoms with Crippen LogP contribution in [0.5, 0.6) is 0 Å². The zero-order valence-electron chi connectivity index (χ0n) is 10.9. The number of rotatable bonds is 4. The molecule has 106 valence electrons. The standard InChI is InChI=1S/C14H17F4N/c1-8(2)19-7-9-5-12(9)11-4-3-10(15)6-13(11)14(16,17)18/h3-4,6,8-9,12,19H,5,7H2,1-2H3. The predicted molar refractivity (Wildman–Crippen MR) is 65.4 cm³/mol. The minimum Gasteiger partial charge on any atom is -0.314 e. The van der Waals surface area contributed by atoms with Gasteiger partial charge in [0.05, 0.1) is 5.56 Å². The smallest absolute Gasteiger partial charge is 0.314 e. The molecular formula is C14H17F4N. The summed E-state index contributed by atoms with van der Waals surface area (Å²) in [5.41, 5.74) is -0.603. The molecule has 0 spiro atoms. The molecule has 0 saturated heterocycles. The first-order valence-electron chi connectivity index (χ1n) is 6.39. The van der Waals surface area contributed by atoms with Crippen molar-refractivity contribution in [3.05, 3.63) is 35.1 Å². The van der Waals surface area contributed by atoms with E-state index in [1.165, 1.54) is 6.07 Å². The Bertz CT molecular complexity index is 453. The summed E-state index contributed by atoms with van der Waals surface area (Å²) in [5.74, 6) is -0.731. The highest BCUT2D eigenvalue weighted by atomic mass is 19.4. The van der Waals surface area contributed by atoms with Gasteiger partial charge in [0, 0.05) is 6.04 Å². The van der Waals surface area contributed by atoms with Crippen molar-refractivity contribution in [3.63, 3.8) is 0 Å². The molecule has 1 fully saturated rings. The van der Waals surface area contributed by atoms with Gasteiger partial charge in [0.2, 0.25) is 0 Å². The SMILES string of the molecule is CC(C)NCC1CC1c1ccc(F)cc1C(F)(F)F. The Kier molecular flexibility index (Phi) is 3.85. The lowest BCUT2D eigenvalue weighted by molar-refractivity contribution is -0.138. The summed E-state index contributed by atoms with van der Waals surface area (Å²) in [6, 6.07) is 3.30. The Morgan fingerprint density at radius 3 is 2.58 bits per heavy atom. The number of alkyl halides is 3. The van der Waals surface area contributed by atoms with Gasteiger partial charge in [-0.3, -0.25) is 0 Å². The summed E-state index contributed by atoms with van der Waals surface area (Å²) < 4.78 is 51.6. The molecule has 0 bridgehead atoms. The van der Waals surface area contributed by atoms with E-state index in [9.17, 15) is 17.6 Å². The zero-order valence-corrected chi connectivity index (χ0v) is 10.9. The normalized spacial score (nSPS) is 22.9. The van der Waals surface area contributed by atoms with E-state index in [0.29, 0.717) is 18.7 Å². The number of halogens is 4. The van der Waals surface area contributed by atoms with Gasteiger partial charge in [-0.2, -0.15) is 13.2 Å². The van der Waals surface area contributed by atoms with Crippen LogP contribution in [-0.2, 0) is 6.18 Å². The van der Waals surface area contributed by atoms with E-state index in [1.54, 1.807) is 0 Å². The molecule has 2 rings (SSSR count). The van der Waals surface area contributed by atoms with Gasteiger partial charge in [0.15, 0.2) is 0 Å². The van der Waals surface area contributed by atoms with Crippen molar-refractivity contribution in [2.75, 3.05) is 6.54 Å². The van der Waals surface area contributed by atoms with E-state index >= 15 is 0 Å². The number of hydrogen-bond donors (Lipinski definition) is 1. The molecule has 0 radical (unpaired) electrons. The fourth-order valence-corrected chi connectivity index (χ4v) is 2.34. The quantitative estimate of drug-likeness (QED) is 0.820. The largest absolute Gasteiger partial charge is 0.416 e. The Morgan fingerprint density at radius 1 is 1.32 bits per heavy atom. The molecule has 1 aromatic rings. The molecule has 5 heteroatoms. The van der Waals surface area contributed by atoms with E-state index in [4.69, 9.17) is 0 Å². The molecule has 1 aromatic carbocycles. The highest BCUT2D eigenvalue weighted by Gasteiger charge is 2.44. The first-order valence-corrected chi connectivity index (χ1v) is 6.39. The van der Waals surface area contributed by atoms with Crippen molar-refractivity contribution in [1.82, 2.24) is 5.32 Å². The lowest BCUT2D eigenvalue weighted by Crippen LogP contribution is -2.25. The fraction of sp³-hybridized carbons (Fsp3) is 0.571. The molecule has 0 aliphatic heterocycles. The highest BCUT2D eigenvalue weighted by molar-refractivity contribution is 5.37. The number of nitrogens with one attached hydrogen (secondary N) is 1. The Balaban J connectivity index is 2.14. The van der Waals surface area contributed by atoms with Crippen LogP contribution in [0.15, 0.2) is 18.2 Å². The maximum atomic E-state index is 13.0. The van der Waals surface area contributed by atoms with Crippen LogP contribution < -0.4 is 5.32 Å². The number of benzene rings is 1. The average molecular weight is 275 g/mol. The van der Waals surface area contributed by atoms with Crippen LogP contribution >= 0.6 is 0 Å². The Hall–Kier alpha value is -1.10. The van der Waals surface area contributed by atoms with Crippen LogP contribution in [0.2, 0.25) is 0 Å². The first-order chi connectivity index (χ1) is 8.79. The van der Waals surface area contributed by atoms with Crippen LogP contribution in [0.3, 0.4) is 0 Å². The van der Waals surface area contributed by atoms with E-state index in [1.807, 2.05) is 13.8 Å². The third-order valence-electron chi connectivity index (χ3n) is 3.43. The van der Waals surface area contributed by atoms with E-state index in [0.717, 1.165) is 12.5 Å². The summed E-state index contributed by atoms with van der Waals surface area (Å²) in [7, 11) is 0. The molecule has 1 aliphatic carbocycles. The van der Waals surface area contributed by atoms with Crippen molar-refractivity contribution < 1.29 is 17.6 Å². The lowest BCUT2D eigenvalue weighted by atomic mass is 10.0. The highest BCUT2D eigenvalue weighted by Crippen LogP contribution is 2.50. The summed E-state index contributed by atoms with van der Waals surface area (Å²) in [4.78, 5) is 0. The molecule has 1 N–H and O–H groups in total. The molecule has 1 nitrogen and oxygen atoms in total. The van der Waals surface area contributed by atoms with E-state index in [-0.39, 0.29) is 17.4 Å². The second kappa shape index (κ2) is 5.12. The fourth-order valence-electron chi connectivity index (χ4n) is 2.34. The lowest BCUT2D eigenvalue weighted by Gasteiger charge is -2.13. The minimum atomic E-state index is -4.49. The van der Waals surface area contributed by atoms with Crippen LogP contribution in [0.25, 0.3) is 0 Å². The maximum absolute atomic E-state index is 13.0. The Morgan fingerprint density at radius 2 is 2.00 bits per heavy atom. The Labute approximate surface area is 110 Å². The van der Waals surface area contributed by atoms with Gasteiger partial charge < -0.3 is 5.32 Å². The molecule has 1 saturated carbocycles. The van der Waals surface area contributed by atoms with Crippen molar-refractivity contribution in [2.24, 2.45) is 5.92 Å².